The van der Waals surface area contributed by atoms with Crippen LogP contribution in [0.1, 0.15) is 38.5 Å². The van der Waals surface area contributed by atoms with Crippen molar-refractivity contribution in [2.45, 2.75) is 44.6 Å². The second-order valence-corrected chi connectivity index (χ2v) is 4.46. The fraction of sp³-hybridized carbons (Fsp3) is 1.00. The molecule has 0 unspecified atom stereocenters. The van der Waals surface area contributed by atoms with Crippen molar-refractivity contribution in [1.82, 2.24) is 4.90 Å². The molecule has 0 aromatic carbocycles. The minimum absolute atomic E-state index is 0.343. The summed E-state index contributed by atoms with van der Waals surface area (Å²) in [6, 6.07) is 0.733. The van der Waals surface area contributed by atoms with Gasteiger partial charge < -0.3 is 14.7 Å². The monoisotopic (exact) mass is 215 g/mol. The molecule has 0 saturated carbocycles. The van der Waals surface area contributed by atoms with Gasteiger partial charge in [-0.15, -0.1) is 0 Å². The minimum atomic E-state index is 0.343. The lowest BCUT2D eigenvalue weighted by Crippen LogP contribution is -2.37. The van der Waals surface area contributed by atoms with Crippen LogP contribution in [0.5, 0.6) is 0 Å². The Hall–Kier alpha value is -0.120. The largest absolute Gasteiger partial charge is 0.396 e. The average molecular weight is 215 g/mol. The molecule has 0 bridgehead atoms. The third-order valence-corrected chi connectivity index (χ3v) is 3.23. The summed E-state index contributed by atoms with van der Waals surface area (Å²) < 4.78 is 5.35. The Labute approximate surface area is 93.4 Å². The van der Waals surface area contributed by atoms with E-state index >= 15 is 0 Å². The number of hydrogen-bond acceptors (Lipinski definition) is 3. The maximum atomic E-state index is 8.65. The molecule has 3 nitrogen and oxygen atoms in total. The van der Waals surface area contributed by atoms with Crippen molar-refractivity contribution in [3.63, 3.8) is 0 Å². The van der Waals surface area contributed by atoms with Crippen LogP contribution in [0.2, 0.25) is 0 Å². The first-order chi connectivity index (χ1) is 7.34. The zero-order valence-electron chi connectivity index (χ0n) is 9.95. The standard InChI is InChI=1S/C12H25NO2/c1-13(8-4-2-3-5-9-14)12-6-10-15-11-7-12/h12,14H,2-11H2,1H3. The van der Waals surface area contributed by atoms with Crippen LogP contribution in [-0.4, -0.2) is 49.5 Å². The summed E-state index contributed by atoms with van der Waals surface area (Å²) in [6.45, 7) is 3.39. The summed E-state index contributed by atoms with van der Waals surface area (Å²) >= 11 is 0. The molecule has 90 valence electrons. The fourth-order valence-electron chi connectivity index (χ4n) is 2.14. The van der Waals surface area contributed by atoms with E-state index in [9.17, 15) is 0 Å². The maximum absolute atomic E-state index is 8.65. The van der Waals surface area contributed by atoms with Crippen LogP contribution < -0.4 is 0 Å². The Bertz CT molecular complexity index is 147. The highest BCUT2D eigenvalue weighted by atomic mass is 16.5. The minimum Gasteiger partial charge on any atom is -0.396 e. The molecule has 1 fully saturated rings. The van der Waals surface area contributed by atoms with Crippen molar-refractivity contribution < 1.29 is 9.84 Å². The first-order valence-corrected chi connectivity index (χ1v) is 6.23. The second-order valence-electron chi connectivity index (χ2n) is 4.46. The first-order valence-electron chi connectivity index (χ1n) is 6.23. The summed E-state index contributed by atoms with van der Waals surface area (Å²) in [5.41, 5.74) is 0. The third kappa shape index (κ3) is 5.50. The summed E-state index contributed by atoms with van der Waals surface area (Å²) in [4.78, 5) is 2.47. The van der Waals surface area contributed by atoms with Crippen molar-refractivity contribution >= 4 is 0 Å². The average Bonchev–Trinajstić information content (AvgIpc) is 2.30. The van der Waals surface area contributed by atoms with Crippen molar-refractivity contribution in [2.75, 3.05) is 33.4 Å². The van der Waals surface area contributed by atoms with Crippen LogP contribution >= 0.6 is 0 Å². The highest BCUT2D eigenvalue weighted by Gasteiger charge is 2.17. The van der Waals surface area contributed by atoms with Crippen LogP contribution in [0.3, 0.4) is 0 Å². The first kappa shape index (κ1) is 12.9. The molecule has 1 N–H and O–H groups in total. The third-order valence-electron chi connectivity index (χ3n) is 3.23. The number of rotatable bonds is 7. The van der Waals surface area contributed by atoms with E-state index < -0.39 is 0 Å². The van der Waals surface area contributed by atoms with Crippen LogP contribution in [0, 0.1) is 0 Å². The lowest BCUT2D eigenvalue weighted by Gasteiger charge is -2.31. The summed E-state index contributed by atoms with van der Waals surface area (Å²) in [6.07, 6.45) is 7.00. The van der Waals surface area contributed by atoms with Gasteiger partial charge in [-0.2, -0.15) is 0 Å². The molecule has 1 rings (SSSR count). The molecule has 0 aromatic heterocycles. The van der Waals surface area contributed by atoms with E-state index in [1.165, 1.54) is 32.2 Å². The van der Waals surface area contributed by atoms with E-state index in [2.05, 4.69) is 11.9 Å². The Morgan fingerprint density at radius 1 is 1.13 bits per heavy atom. The van der Waals surface area contributed by atoms with Gasteiger partial charge in [0.25, 0.3) is 0 Å². The topological polar surface area (TPSA) is 32.7 Å². The summed E-state index contributed by atoms with van der Waals surface area (Å²) in [5, 5.41) is 8.65. The number of ether oxygens (including phenoxy) is 1. The molecule has 0 radical (unpaired) electrons. The van der Waals surface area contributed by atoms with E-state index in [4.69, 9.17) is 9.84 Å². The Kier molecular flexibility index (Phi) is 6.98. The van der Waals surface area contributed by atoms with Gasteiger partial charge in [0.15, 0.2) is 0 Å². The van der Waals surface area contributed by atoms with E-state index in [1.54, 1.807) is 0 Å². The molecule has 0 spiro atoms. The predicted molar refractivity (Wildman–Crippen MR) is 62.0 cm³/mol. The Balaban J connectivity index is 1.99. The van der Waals surface area contributed by atoms with Crippen molar-refractivity contribution in [1.29, 1.82) is 0 Å². The highest BCUT2D eigenvalue weighted by Crippen LogP contribution is 2.13. The van der Waals surface area contributed by atoms with Crippen molar-refractivity contribution in [3.8, 4) is 0 Å². The zero-order chi connectivity index (χ0) is 10.9. The van der Waals surface area contributed by atoms with Crippen molar-refractivity contribution in [2.24, 2.45) is 0 Å². The molecule has 0 amide bonds. The summed E-state index contributed by atoms with van der Waals surface area (Å²) in [5.74, 6) is 0. The Morgan fingerprint density at radius 3 is 2.47 bits per heavy atom. The lowest BCUT2D eigenvalue weighted by molar-refractivity contribution is 0.0425. The highest BCUT2D eigenvalue weighted by molar-refractivity contribution is 4.71. The zero-order valence-corrected chi connectivity index (χ0v) is 9.95. The van der Waals surface area contributed by atoms with Crippen LogP contribution in [-0.2, 0) is 4.74 Å². The van der Waals surface area contributed by atoms with E-state index in [0.29, 0.717) is 6.61 Å². The van der Waals surface area contributed by atoms with Gasteiger partial charge in [0.1, 0.15) is 0 Å². The molecule has 3 heteroatoms. The number of unbranched alkanes of at least 4 members (excludes halogenated alkanes) is 3. The molecule has 0 atom stereocenters. The van der Waals surface area contributed by atoms with Gasteiger partial charge in [-0.25, -0.2) is 0 Å². The number of nitrogens with zero attached hydrogens (tertiary/aromatic N) is 1. The van der Waals surface area contributed by atoms with Gasteiger partial charge in [-0.05, 0) is 39.3 Å². The molecule has 1 aliphatic rings. The van der Waals surface area contributed by atoms with Gasteiger partial charge in [0.05, 0.1) is 0 Å². The van der Waals surface area contributed by atoms with Gasteiger partial charge in [-0.1, -0.05) is 12.8 Å². The van der Waals surface area contributed by atoms with E-state index in [0.717, 1.165) is 32.1 Å². The molecule has 0 aromatic rings. The van der Waals surface area contributed by atoms with Crippen LogP contribution in [0.4, 0.5) is 0 Å². The summed E-state index contributed by atoms with van der Waals surface area (Å²) in [7, 11) is 2.22. The maximum Gasteiger partial charge on any atom is 0.0480 e. The molecule has 1 heterocycles. The molecule has 1 saturated heterocycles. The number of hydrogen-bond donors (Lipinski definition) is 1. The van der Waals surface area contributed by atoms with Crippen molar-refractivity contribution in [3.05, 3.63) is 0 Å². The number of aliphatic hydroxyl groups excluding tert-OH is 1. The normalized spacial score (nSPS) is 18.6. The van der Waals surface area contributed by atoms with E-state index in [1.807, 2.05) is 0 Å². The second kappa shape index (κ2) is 8.08. The van der Waals surface area contributed by atoms with Gasteiger partial charge in [-0.3, -0.25) is 0 Å². The quantitative estimate of drug-likeness (QED) is 0.655. The Morgan fingerprint density at radius 2 is 1.80 bits per heavy atom. The fourth-order valence-corrected chi connectivity index (χ4v) is 2.14. The van der Waals surface area contributed by atoms with Gasteiger partial charge >= 0.3 is 0 Å². The molecule has 0 aliphatic carbocycles. The SMILES string of the molecule is CN(CCCCCCO)C1CCOCC1. The van der Waals surface area contributed by atoms with Crippen LogP contribution in [0.15, 0.2) is 0 Å². The smallest absolute Gasteiger partial charge is 0.0480 e. The van der Waals surface area contributed by atoms with Gasteiger partial charge in [0, 0.05) is 25.9 Å². The predicted octanol–water partition coefficient (Wildman–Crippen LogP) is 1.65. The lowest BCUT2D eigenvalue weighted by atomic mass is 10.1. The molecular formula is C12H25NO2. The van der Waals surface area contributed by atoms with E-state index in [-0.39, 0.29) is 0 Å². The molecule has 15 heavy (non-hydrogen) atoms. The molecular weight excluding hydrogens is 190 g/mol. The number of aliphatic hydroxyl groups is 1. The van der Waals surface area contributed by atoms with Crippen LogP contribution in [0.25, 0.3) is 0 Å². The molecule has 1 aliphatic heterocycles. The van der Waals surface area contributed by atoms with Gasteiger partial charge in [0.2, 0.25) is 0 Å².